The summed E-state index contributed by atoms with van der Waals surface area (Å²) in [4.78, 5) is 24.3. The molecule has 0 saturated heterocycles. The molecule has 1 aliphatic carbocycles. The molecule has 0 radical (unpaired) electrons. The lowest BCUT2D eigenvalue weighted by molar-refractivity contribution is 0.0829. The fourth-order valence-electron chi connectivity index (χ4n) is 1.86. The average Bonchev–Trinajstić information content (AvgIpc) is 2.41. The largest absolute Gasteiger partial charge is 0.497 e. The van der Waals surface area contributed by atoms with Crippen LogP contribution in [0.2, 0.25) is 0 Å². The zero-order valence-electron chi connectivity index (χ0n) is 10.3. The summed E-state index contributed by atoms with van der Waals surface area (Å²) in [5, 5.41) is 0. The molecule has 1 aromatic carbocycles. The van der Waals surface area contributed by atoms with Crippen LogP contribution in [-0.2, 0) is 9.47 Å². The lowest BCUT2D eigenvalue weighted by Crippen LogP contribution is -2.24. The second-order valence-electron chi connectivity index (χ2n) is 3.64. The van der Waals surface area contributed by atoms with Crippen LogP contribution < -0.4 is 4.74 Å². The molecule has 5 heteroatoms. The standard InChI is InChI=1S/C13H12O5/c1-16-7-4-5-8-9(6-7)11(15)13(18-3)12(17-2)10(8)14/h4-6H,1-3H3. The van der Waals surface area contributed by atoms with Crippen molar-refractivity contribution in [2.24, 2.45) is 0 Å². The van der Waals surface area contributed by atoms with E-state index in [-0.39, 0.29) is 28.6 Å². The van der Waals surface area contributed by atoms with Gasteiger partial charge >= 0.3 is 0 Å². The Balaban J connectivity index is 2.64. The van der Waals surface area contributed by atoms with Crippen molar-refractivity contribution in [2.45, 2.75) is 0 Å². The number of hydrogen-bond donors (Lipinski definition) is 0. The van der Waals surface area contributed by atoms with Crippen molar-refractivity contribution < 1.29 is 23.8 Å². The van der Waals surface area contributed by atoms with Crippen molar-refractivity contribution in [1.29, 1.82) is 0 Å². The first-order valence-corrected chi connectivity index (χ1v) is 5.23. The topological polar surface area (TPSA) is 61.8 Å². The molecule has 0 amide bonds. The predicted octanol–water partition coefficient (Wildman–Crippen LogP) is 1.58. The van der Waals surface area contributed by atoms with Gasteiger partial charge in [0.15, 0.2) is 0 Å². The fraction of sp³-hybridized carbons (Fsp3) is 0.231. The van der Waals surface area contributed by atoms with Gasteiger partial charge in [-0.15, -0.1) is 0 Å². The molecule has 2 rings (SSSR count). The first-order chi connectivity index (χ1) is 8.63. The first kappa shape index (κ1) is 12.2. The van der Waals surface area contributed by atoms with Crippen LogP contribution in [0.1, 0.15) is 20.7 Å². The van der Waals surface area contributed by atoms with E-state index in [4.69, 9.17) is 14.2 Å². The normalized spacial score (nSPS) is 14.4. The van der Waals surface area contributed by atoms with Gasteiger partial charge in [-0.25, -0.2) is 0 Å². The predicted molar refractivity (Wildman–Crippen MR) is 62.7 cm³/mol. The lowest BCUT2D eigenvalue weighted by Gasteiger charge is -2.19. The molecule has 0 aliphatic heterocycles. The highest BCUT2D eigenvalue weighted by Crippen LogP contribution is 2.29. The van der Waals surface area contributed by atoms with Gasteiger partial charge < -0.3 is 14.2 Å². The number of ketones is 2. The molecule has 0 fully saturated rings. The average molecular weight is 248 g/mol. The molecule has 1 aliphatic rings. The van der Waals surface area contributed by atoms with Crippen LogP contribution in [0.4, 0.5) is 0 Å². The Morgan fingerprint density at radius 1 is 0.778 bits per heavy atom. The van der Waals surface area contributed by atoms with Crippen molar-refractivity contribution in [3.8, 4) is 5.75 Å². The van der Waals surface area contributed by atoms with Gasteiger partial charge in [-0.3, -0.25) is 9.59 Å². The molecule has 1 aromatic rings. The van der Waals surface area contributed by atoms with Gasteiger partial charge in [-0.2, -0.15) is 0 Å². The number of rotatable bonds is 3. The monoisotopic (exact) mass is 248 g/mol. The molecule has 0 N–H and O–H groups in total. The van der Waals surface area contributed by atoms with Crippen LogP contribution >= 0.6 is 0 Å². The number of benzene rings is 1. The molecule has 0 aromatic heterocycles. The SMILES string of the molecule is COC1=C(OC)C(=O)c2cc(OC)ccc2C1=O. The van der Waals surface area contributed by atoms with Gasteiger partial charge in [0.25, 0.3) is 0 Å². The summed E-state index contributed by atoms with van der Waals surface area (Å²) in [7, 11) is 4.14. The third-order valence-electron chi connectivity index (χ3n) is 2.74. The summed E-state index contributed by atoms with van der Waals surface area (Å²) in [6, 6.07) is 4.68. The van der Waals surface area contributed by atoms with Crippen molar-refractivity contribution in [2.75, 3.05) is 21.3 Å². The molecule has 0 unspecified atom stereocenters. The number of Topliss-reactive ketones (excluding diaryl/α,β-unsaturated/α-hetero) is 2. The number of carbonyl (C=O) groups excluding carboxylic acids is 2. The Labute approximate surface area is 104 Å². The number of hydrogen-bond acceptors (Lipinski definition) is 5. The number of allylic oxidation sites excluding steroid dienone is 2. The van der Waals surface area contributed by atoms with Crippen LogP contribution in [0.5, 0.6) is 5.75 Å². The summed E-state index contributed by atoms with van der Waals surface area (Å²) in [6.45, 7) is 0. The molecule has 0 spiro atoms. The highest BCUT2D eigenvalue weighted by molar-refractivity contribution is 6.25. The zero-order chi connectivity index (χ0) is 13.3. The van der Waals surface area contributed by atoms with Crippen LogP contribution in [-0.4, -0.2) is 32.9 Å². The van der Waals surface area contributed by atoms with Gasteiger partial charge in [0.2, 0.25) is 23.1 Å². The van der Waals surface area contributed by atoms with E-state index in [0.29, 0.717) is 11.3 Å². The van der Waals surface area contributed by atoms with Gasteiger partial charge in [0, 0.05) is 11.1 Å². The van der Waals surface area contributed by atoms with Gasteiger partial charge in [0.05, 0.1) is 21.3 Å². The van der Waals surface area contributed by atoms with E-state index in [1.54, 1.807) is 12.1 Å². The Kier molecular flexibility index (Phi) is 3.06. The second kappa shape index (κ2) is 4.52. The highest BCUT2D eigenvalue weighted by Gasteiger charge is 2.34. The minimum absolute atomic E-state index is 0.0693. The zero-order valence-corrected chi connectivity index (χ0v) is 10.3. The summed E-state index contributed by atoms with van der Waals surface area (Å²) in [5.74, 6) is -0.399. The Morgan fingerprint density at radius 2 is 1.33 bits per heavy atom. The van der Waals surface area contributed by atoms with E-state index in [9.17, 15) is 9.59 Å². The molecule has 0 saturated carbocycles. The Bertz CT molecular complexity index is 557. The smallest absolute Gasteiger partial charge is 0.232 e. The molecule has 94 valence electrons. The fourth-order valence-corrected chi connectivity index (χ4v) is 1.86. The van der Waals surface area contributed by atoms with Crippen LogP contribution in [0.25, 0.3) is 0 Å². The van der Waals surface area contributed by atoms with Crippen molar-refractivity contribution in [3.63, 3.8) is 0 Å². The molecule has 0 bridgehead atoms. The quantitative estimate of drug-likeness (QED) is 0.812. The summed E-state index contributed by atoms with van der Waals surface area (Å²) in [5.41, 5.74) is 0.551. The number of methoxy groups -OCH3 is 3. The number of carbonyl (C=O) groups is 2. The van der Waals surface area contributed by atoms with E-state index < -0.39 is 0 Å². The van der Waals surface area contributed by atoms with Gasteiger partial charge in [0.1, 0.15) is 5.75 Å². The van der Waals surface area contributed by atoms with E-state index in [2.05, 4.69) is 0 Å². The van der Waals surface area contributed by atoms with Crippen molar-refractivity contribution >= 4 is 11.6 Å². The van der Waals surface area contributed by atoms with Crippen LogP contribution in [0.3, 0.4) is 0 Å². The first-order valence-electron chi connectivity index (χ1n) is 5.23. The maximum atomic E-state index is 12.2. The molecule has 0 heterocycles. The highest BCUT2D eigenvalue weighted by atomic mass is 16.5. The van der Waals surface area contributed by atoms with E-state index in [0.717, 1.165) is 0 Å². The summed E-state index contributed by atoms with van der Waals surface area (Å²) < 4.78 is 14.9. The van der Waals surface area contributed by atoms with E-state index in [1.807, 2.05) is 0 Å². The summed E-state index contributed by atoms with van der Waals surface area (Å²) in [6.07, 6.45) is 0. The number of fused-ring (bicyclic) bond motifs is 1. The molecule has 0 atom stereocenters. The molecular formula is C13H12O5. The van der Waals surface area contributed by atoms with E-state index in [1.165, 1.54) is 27.4 Å². The van der Waals surface area contributed by atoms with E-state index >= 15 is 0 Å². The maximum absolute atomic E-state index is 12.2. The van der Waals surface area contributed by atoms with Crippen molar-refractivity contribution in [3.05, 3.63) is 40.8 Å². The minimum atomic E-state index is -0.386. The Morgan fingerprint density at radius 3 is 1.83 bits per heavy atom. The molecule has 18 heavy (non-hydrogen) atoms. The van der Waals surface area contributed by atoms with Crippen LogP contribution in [0, 0.1) is 0 Å². The maximum Gasteiger partial charge on any atom is 0.232 e. The third-order valence-corrected chi connectivity index (χ3v) is 2.74. The Hall–Kier alpha value is -2.30. The van der Waals surface area contributed by atoms with Gasteiger partial charge in [-0.1, -0.05) is 0 Å². The lowest BCUT2D eigenvalue weighted by atomic mass is 9.92. The minimum Gasteiger partial charge on any atom is -0.497 e. The van der Waals surface area contributed by atoms with Crippen molar-refractivity contribution in [1.82, 2.24) is 0 Å². The number of ether oxygens (including phenoxy) is 3. The molecule has 5 nitrogen and oxygen atoms in total. The van der Waals surface area contributed by atoms with Gasteiger partial charge in [-0.05, 0) is 18.2 Å². The third kappa shape index (κ3) is 1.64. The summed E-state index contributed by atoms with van der Waals surface area (Å²) >= 11 is 0. The molecular weight excluding hydrogens is 236 g/mol. The second-order valence-corrected chi connectivity index (χ2v) is 3.64. The van der Waals surface area contributed by atoms with Crippen LogP contribution in [0.15, 0.2) is 29.7 Å².